The molecule has 122 valence electrons. The first-order valence-electron chi connectivity index (χ1n) is 8.10. The predicted molar refractivity (Wildman–Crippen MR) is 89.9 cm³/mol. The number of nitrogens with zero attached hydrogens (tertiary/aromatic N) is 4. The maximum atomic E-state index is 12.1. The van der Waals surface area contributed by atoms with Crippen LogP contribution in [0.3, 0.4) is 0 Å². The molecule has 1 amide bonds. The fourth-order valence-electron chi connectivity index (χ4n) is 2.92. The zero-order valence-corrected chi connectivity index (χ0v) is 14.1. The van der Waals surface area contributed by atoms with Crippen molar-refractivity contribution in [2.24, 2.45) is 0 Å². The maximum Gasteiger partial charge on any atom is 0.222 e. The zero-order chi connectivity index (χ0) is 16.2. The second kappa shape index (κ2) is 7.13. The summed E-state index contributed by atoms with van der Waals surface area (Å²) in [5.41, 5.74) is 0.937. The lowest BCUT2D eigenvalue weighted by atomic mass is 10.2. The van der Waals surface area contributed by atoms with Crippen LogP contribution in [0.4, 0.5) is 0 Å². The smallest absolute Gasteiger partial charge is 0.222 e. The Kier molecular flexibility index (Phi) is 4.96. The molecule has 0 N–H and O–H groups in total. The third kappa shape index (κ3) is 3.91. The van der Waals surface area contributed by atoms with Gasteiger partial charge >= 0.3 is 0 Å². The molecule has 1 aliphatic rings. The fraction of sp³-hybridized carbons (Fsp3) is 0.471. The molecule has 0 atom stereocenters. The Morgan fingerprint density at radius 1 is 1.17 bits per heavy atom. The molecule has 1 saturated heterocycles. The highest BCUT2D eigenvalue weighted by atomic mass is 35.5. The first kappa shape index (κ1) is 16.0. The number of likely N-dealkylation sites (tertiary alicyclic amines) is 1. The second-order valence-electron chi connectivity index (χ2n) is 5.90. The van der Waals surface area contributed by atoms with E-state index >= 15 is 0 Å². The number of hydrogen-bond acceptors (Lipinski definition) is 3. The Hall–Kier alpha value is -1.88. The van der Waals surface area contributed by atoms with Crippen LogP contribution < -0.4 is 0 Å². The zero-order valence-electron chi connectivity index (χ0n) is 13.3. The summed E-state index contributed by atoms with van der Waals surface area (Å²) in [6, 6.07) is 7.54. The summed E-state index contributed by atoms with van der Waals surface area (Å²) in [6.07, 6.45) is 4.62. The molecule has 5 nitrogen and oxygen atoms in total. The van der Waals surface area contributed by atoms with Crippen molar-refractivity contribution >= 4 is 17.5 Å². The summed E-state index contributed by atoms with van der Waals surface area (Å²) < 4.78 is 1.84. The van der Waals surface area contributed by atoms with Gasteiger partial charge in [0.15, 0.2) is 0 Å². The molecule has 2 aromatic rings. The molecule has 0 radical (unpaired) electrons. The van der Waals surface area contributed by atoms with Crippen LogP contribution in [0.25, 0.3) is 5.69 Å². The van der Waals surface area contributed by atoms with Gasteiger partial charge in [-0.05, 0) is 44.0 Å². The first-order chi connectivity index (χ1) is 11.1. The van der Waals surface area contributed by atoms with Crippen LogP contribution in [0.5, 0.6) is 0 Å². The third-order valence-electron chi connectivity index (χ3n) is 4.13. The van der Waals surface area contributed by atoms with Crippen molar-refractivity contribution in [2.45, 2.75) is 39.0 Å². The van der Waals surface area contributed by atoms with Gasteiger partial charge in [-0.3, -0.25) is 4.79 Å². The van der Waals surface area contributed by atoms with Gasteiger partial charge in [-0.15, -0.1) is 0 Å². The normalized spacial score (nSPS) is 15.7. The SMILES string of the molecule is Cc1nc(CCN2CCCCCC2=O)n(-c2ccc(Cl)cc2)n1. The van der Waals surface area contributed by atoms with E-state index in [-0.39, 0.29) is 5.91 Å². The van der Waals surface area contributed by atoms with Crippen LogP contribution >= 0.6 is 11.6 Å². The molecule has 0 unspecified atom stereocenters. The summed E-state index contributed by atoms with van der Waals surface area (Å²) in [4.78, 5) is 18.6. The van der Waals surface area contributed by atoms with Crippen molar-refractivity contribution in [2.75, 3.05) is 13.1 Å². The first-order valence-corrected chi connectivity index (χ1v) is 8.47. The molecule has 1 aliphatic heterocycles. The summed E-state index contributed by atoms with van der Waals surface area (Å²) in [5.74, 6) is 1.87. The summed E-state index contributed by atoms with van der Waals surface area (Å²) in [5, 5.41) is 5.17. The number of aromatic nitrogens is 3. The molecule has 1 fully saturated rings. The molecule has 0 aliphatic carbocycles. The molecule has 2 heterocycles. The van der Waals surface area contributed by atoms with Gasteiger partial charge in [0, 0.05) is 31.0 Å². The van der Waals surface area contributed by atoms with Gasteiger partial charge in [0.2, 0.25) is 5.91 Å². The summed E-state index contributed by atoms with van der Waals surface area (Å²) >= 11 is 5.95. The van der Waals surface area contributed by atoms with Crippen molar-refractivity contribution in [3.05, 3.63) is 40.9 Å². The second-order valence-corrected chi connectivity index (χ2v) is 6.34. The average Bonchev–Trinajstić information content (AvgIpc) is 2.78. The van der Waals surface area contributed by atoms with E-state index in [0.717, 1.165) is 43.1 Å². The Bertz CT molecular complexity index is 680. The standard InChI is InChI=1S/C17H21ClN4O/c1-13-19-16(10-12-21-11-4-2-3-5-17(21)23)22(20-13)15-8-6-14(18)7-9-15/h6-9H,2-5,10-12H2,1H3. The van der Waals surface area contributed by atoms with E-state index in [9.17, 15) is 4.79 Å². The summed E-state index contributed by atoms with van der Waals surface area (Å²) in [6.45, 7) is 3.43. The molecule has 6 heteroatoms. The number of hydrogen-bond donors (Lipinski definition) is 0. The highest BCUT2D eigenvalue weighted by Crippen LogP contribution is 2.16. The monoisotopic (exact) mass is 332 g/mol. The van der Waals surface area contributed by atoms with Crippen LogP contribution in [-0.4, -0.2) is 38.7 Å². The Balaban J connectivity index is 1.75. The van der Waals surface area contributed by atoms with E-state index in [0.29, 0.717) is 24.4 Å². The van der Waals surface area contributed by atoms with Gasteiger partial charge in [0.05, 0.1) is 5.69 Å². The number of aryl methyl sites for hydroxylation is 1. The van der Waals surface area contributed by atoms with Gasteiger partial charge in [-0.2, -0.15) is 5.10 Å². The highest BCUT2D eigenvalue weighted by molar-refractivity contribution is 6.30. The largest absolute Gasteiger partial charge is 0.342 e. The molecule has 0 spiro atoms. The van der Waals surface area contributed by atoms with Crippen LogP contribution in [0.15, 0.2) is 24.3 Å². The topological polar surface area (TPSA) is 51.0 Å². The van der Waals surface area contributed by atoms with E-state index in [1.54, 1.807) is 0 Å². The van der Waals surface area contributed by atoms with Crippen LogP contribution in [0, 0.1) is 6.92 Å². The molecular formula is C17H21ClN4O. The Morgan fingerprint density at radius 3 is 2.74 bits per heavy atom. The van der Waals surface area contributed by atoms with Crippen molar-refractivity contribution in [1.82, 2.24) is 19.7 Å². The van der Waals surface area contributed by atoms with E-state index in [1.165, 1.54) is 0 Å². The minimum atomic E-state index is 0.261. The highest BCUT2D eigenvalue weighted by Gasteiger charge is 2.18. The van der Waals surface area contributed by atoms with Gasteiger partial charge in [0.25, 0.3) is 0 Å². The molecule has 23 heavy (non-hydrogen) atoms. The number of carbonyl (C=O) groups excluding carboxylic acids is 1. The number of rotatable bonds is 4. The molecule has 1 aromatic carbocycles. The predicted octanol–water partition coefficient (Wildman–Crippen LogP) is 3.17. The van der Waals surface area contributed by atoms with Crippen LogP contribution in [0.1, 0.15) is 37.3 Å². The summed E-state index contributed by atoms with van der Waals surface area (Å²) in [7, 11) is 0. The number of benzene rings is 1. The minimum Gasteiger partial charge on any atom is -0.342 e. The maximum absolute atomic E-state index is 12.1. The Labute approximate surface area is 141 Å². The molecule has 3 rings (SSSR count). The third-order valence-corrected chi connectivity index (χ3v) is 4.38. The fourth-order valence-corrected chi connectivity index (χ4v) is 3.05. The number of amides is 1. The minimum absolute atomic E-state index is 0.261. The lowest BCUT2D eigenvalue weighted by Gasteiger charge is -2.20. The van der Waals surface area contributed by atoms with Crippen molar-refractivity contribution in [3.8, 4) is 5.69 Å². The van der Waals surface area contributed by atoms with E-state index in [2.05, 4.69) is 10.1 Å². The molecular weight excluding hydrogens is 312 g/mol. The average molecular weight is 333 g/mol. The van der Waals surface area contributed by atoms with Gasteiger partial charge in [-0.1, -0.05) is 18.0 Å². The van der Waals surface area contributed by atoms with Gasteiger partial charge in [-0.25, -0.2) is 9.67 Å². The number of carbonyl (C=O) groups is 1. The van der Waals surface area contributed by atoms with Crippen LogP contribution in [0.2, 0.25) is 5.02 Å². The van der Waals surface area contributed by atoms with Crippen LogP contribution in [-0.2, 0) is 11.2 Å². The lowest BCUT2D eigenvalue weighted by molar-refractivity contribution is -0.130. The van der Waals surface area contributed by atoms with Crippen molar-refractivity contribution in [1.29, 1.82) is 0 Å². The van der Waals surface area contributed by atoms with E-state index in [1.807, 2.05) is 40.8 Å². The van der Waals surface area contributed by atoms with Gasteiger partial charge in [0.1, 0.15) is 11.6 Å². The number of halogens is 1. The lowest BCUT2D eigenvalue weighted by Crippen LogP contribution is -2.32. The Morgan fingerprint density at radius 2 is 1.96 bits per heavy atom. The quantitative estimate of drug-likeness (QED) is 0.864. The van der Waals surface area contributed by atoms with Crippen molar-refractivity contribution in [3.63, 3.8) is 0 Å². The van der Waals surface area contributed by atoms with Gasteiger partial charge < -0.3 is 4.90 Å². The molecule has 0 bridgehead atoms. The van der Waals surface area contributed by atoms with E-state index in [4.69, 9.17) is 11.6 Å². The molecule has 1 aromatic heterocycles. The van der Waals surface area contributed by atoms with E-state index < -0.39 is 0 Å². The van der Waals surface area contributed by atoms with Crippen molar-refractivity contribution < 1.29 is 4.79 Å². The molecule has 0 saturated carbocycles.